The first-order chi connectivity index (χ1) is 7.74. The average Bonchev–Trinajstić information content (AvgIpc) is 2.29. The van der Waals surface area contributed by atoms with Crippen LogP contribution in [-0.2, 0) is 0 Å². The largest absolute Gasteiger partial charge is 0.370 e. The minimum atomic E-state index is 0. The van der Waals surface area contributed by atoms with E-state index in [1.807, 2.05) is 0 Å². The van der Waals surface area contributed by atoms with E-state index in [1.165, 1.54) is 12.8 Å². The van der Waals surface area contributed by atoms with Gasteiger partial charge in [0.05, 0.1) is 12.3 Å². The molecule has 98 valence electrons. The Morgan fingerprint density at radius 3 is 2.76 bits per heavy atom. The molecule has 17 heavy (non-hydrogen) atoms. The number of hydrogen-bond acceptors (Lipinski definition) is 2. The van der Waals surface area contributed by atoms with Crippen molar-refractivity contribution < 1.29 is 0 Å². The van der Waals surface area contributed by atoms with E-state index in [9.17, 15) is 0 Å². The zero-order chi connectivity index (χ0) is 11.8. The first kappa shape index (κ1) is 16.9. The Kier molecular flexibility index (Phi) is 9.84. The molecule has 3 nitrogen and oxygen atoms in total. The predicted octanol–water partition coefficient (Wildman–Crippen LogP) is 2.02. The number of aliphatic imine (C=N–C) groups is 1. The minimum absolute atomic E-state index is 0. The first-order valence-corrected chi connectivity index (χ1v) is 6.95. The van der Waals surface area contributed by atoms with Gasteiger partial charge in [0.25, 0.3) is 0 Å². The molecule has 0 aromatic heterocycles. The third kappa shape index (κ3) is 7.04. The summed E-state index contributed by atoms with van der Waals surface area (Å²) < 4.78 is 0. The van der Waals surface area contributed by atoms with Gasteiger partial charge in [-0.15, -0.1) is 42.2 Å². The second-order valence-corrected chi connectivity index (χ2v) is 5.27. The Balaban J connectivity index is 0.00000256. The molecule has 0 spiro atoms. The average molecular weight is 367 g/mol. The summed E-state index contributed by atoms with van der Waals surface area (Å²) in [6.07, 6.45) is 7.61. The highest BCUT2D eigenvalue weighted by Gasteiger charge is 2.16. The Bertz CT molecular complexity index is 267. The number of nitrogens with zero attached hydrogens (tertiary/aromatic N) is 2. The van der Waals surface area contributed by atoms with E-state index in [0.717, 1.165) is 37.1 Å². The van der Waals surface area contributed by atoms with Gasteiger partial charge in [-0.05, 0) is 18.8 Å². The molecule has 1 aliphatic heterocycles. The lowest BCUT2D eigenvalue weighted by atomic mass is 10.00. The first-order valence-electron chi connectivity index (χ1n) is 5.80. The van der Waals surface area contributed by atoms with E-state index >= 15 is 0 Å². The zero-order valence-corrected chi connectivity index (χ0v) is 13.5. The molecule has 1 fully saturated rings. The monoisotopic (exact) mass is 367 g/mol. The minimum Gasteiger partial charge on any atom is -0.370 e. The molecular weight excluding hydrogens is 345 g/mol. The van der Waals surface area contributed by atoms with Crippen molar-refractivity contribution in [3.8, 4) is 12.3 Å². The maximum Gasteiger partial charge on any atom is 0.191 e. The summed E-state index contributed by atoms with van der Waals surface area (Å²) in [6, 6.07) is 0. The number of halogens is 1. The second-order valence-electron chi connectivity index (χ2n) is 4.17. The van der Waals surface area contributed by atoms with Gasteiger partial charge in [0, 0.05) is 18.8 Å². The fourth-order valence-electron chi connectivity index (χ4n) is 1.69. The van der Waals surface area contributed by atoms with Gasteiger partial charge >= 0.3 is 0 Å². The summed E-state index contributed by atoms with van der Waals surface area (Å²) in [6.45, 7) is 5.16. The van der Waals surface area contributed by atoms with Crippen LogP contribution in [0.2, 0.25) is 0 Å². The molecule has 2 N–H and O–H groups in total. The number of terminal acetylenes is 1. The Morgan fingerprint density at radius 2 is 2.18 bits per heavy atom. The molecule has 0 atom stereocenters. The van der Waals surface area contributed by atoms with E-state index in [-0.39, 0.29) is 24.0 Å². The molecule has 0 unspecified atom stereocenters. The Labute approximate surface area is 126 Å². The van der Waals surface area contributed by atoms with Gasteiger partial charge in [0.1, 0.15) is 0 Å². The number of guanidine groups is 1. The van der Waals surface area contributed by atoms with Crippen LogP contribution >= 0.6 is 35.7 Å². The van der Waals surface area contributed by atoms with E-state index in [2.05, 4.69) is 22.7 Å². The second kappa shape index (κ2) is 9.89. The van der Waals surface area contributed by atoms with Crippen LogP contribution in [0, 0.1) is 18.3 Å². The van der Waals surface area contributed by atoms with Crippen molar-refractivity contribution in [1.82, 2.24) is 4.90 Å². The molecule has 0 radical (unpaired) electrons. The predicted molar refractivity (Wildman–Crippen MR) is 88.0 cm³/mol. The van der Waals surface area contributed by atoms with Crippen molar-refractivity contribution in [2.45, 2.75) is 19.8 Å². The Morgan fingerprint density at radius 1 is 1.53 bits per heavy atom. The lowest BCUT2D eigenvalue weighted by Gasteiger charge is -2.31. The molecule has 0 aromatic carbocycles. The van der Waals surface area contributed by atoms with Crippen LogP contribution in [0.1, 0.15) is 19.8 Å². The Hall–Kier alpha value is -0.0900. The smallest absolute Gasteiger partial charge is 0.191 e. The lowest BCUT2D eigenvalue weighted by molar-refractivity contribution is 0.278. The quantitative estimate of drug-likeness (QED) is 0.272. The summed E-state index contributed by atoms with van der Waals surface area (Å²) in [5, 5.41) is 0. The van der Waals surface area contributed by atoms with Gasteiger partial charge in [-0.2, -0.15) is 0 Å². The van der Waals surface area contributed by atoms with Crippen molar-refractivity contribution in [2.24, 2.45) is 16.6 Å². The van der Waals surface area contributed by atoms with Gasteiger partial charge in [0.15, 0.2) is 5.96 Å². The lowest BCUT2D eigenvalue weighted by Crippen LogP contribution is -2.42. The highest BCUT2D eigenvalue weighted by molar-refractivity contribution is 14.0. The van der Waals surface area contributed by atoms with Gasteiger partial charge in [-0.3, -0.25) is 4.99 Å². The van der Waals surface area contributed by atoms with Crippen LogP contribution < -0.4 is 5.73 Å². The molecule has 1 aliphatic rings. The van der Waals surface area contributed by atoms with Gasteiger partial charge in [-0.25, -0.2) is 0 Å². The van der Waals surface area contributed by atoms with E-state index in [4.69, 9.17) is 12.2 Å². The highest BCUT2D eigenvalue weighted by Crippen LogP contribution is 2.15. The molecule has 0 saturated carbocycles. The molecule has 1 heterocycles. The summed E-state index contributed by atoms with van der Waals surface area (Å²) in [4.78, 5) is 6.56. The molecule has 0 amide bonds. The number of likely N-dealkylation sites (tertiary alicyclic amines) is 1. The normalized spacial score (nSPS) is 17.4. The number of rotatable bonds is 4. The van der Waals surface area contributed by atoms with Crippen LogP contribution in [0.4, 0.5) is 0 Å². The summed E-state index contributed by atoms with van der Waals surface area (Å²) >= 11 is 1.73. The zero-order valence-electron chi connectivity index (χ0n) is 10.4. The fourth-order valence-corrected chi connectivity index (χ4v) is 2.18. The van der Waals surface area contributed by atoms with Crippen LogP contribution in [-0.4, -0.2) is 42.0 Å². The fraction of sp³-hybridized carbons (Fsp3) is 0.750. The van der Waals surface area contributed by atoms with Crippen molar-refractivity contribution in [3.63, 3.8) is 0 Å². The van der Waals surface area contributed by atoms with Crippen molar-refractivity contribution in [2.75, 3.05) is 31.1 Å². The van der Waals surface area contributed by atoms with E-state index in [0.29, 0.717) is 5.96 Å². The van der Waals surface area contributed by atoms with Crippen molar-refractivity contribution in [1.29, 1.82) is 0 Å². The number of hydrogen-bond donors (Lipinski definition) is 1. The van der Waals surface area contributed by atoms with Gasteiger partial charge in [-0.1, -0.05) is 12.8 Å². The van der Waals surface area contributed by atoms with Crippen LogP contribution in [0.15, 0.2) is 4.99 Å². The van der Waals surface area contributed by atoms with Crippen molar-refractivity contribution >= 4 is 41.7 Å². The SMILES string of the molecule is C#CCSCCN=C(N)N1CCC(C)CC1.I. The van der Waals surface area contributed by atoms with Crippen LogP contribution in [0.25, 0.3) is 0 Å². The third-order valence-electron chi connectivity index (χ3n) is 2.80. The van der Waals surface area contributed by atoms with Gasteiger partial charge < -0.3 is 10.6 Å². The molecule has 0 aliphatic carbocycles. The van der Waals surface area contributed by atoms with Crippen LogP contribution in [0.3, 0.4) is 0 Å². The topological polar surface area (TPSA) is 41.6 Å². The van der Waals surface area contributed by atoms with E-state index in [1.54, 1.807) is 11.8 Å². The number of thioether (sulfide) groups is 1. The number of nitrogens with two attached hydrogens (primary N) is 1. The molecule has 5 heteroatoms. The maximum absolute atomic E-state index is 5.93. The molecule has 1 rings (SSSR count). The number of piperidine rings is 1. The third-order valence-corrected chi connectivity index (χ3v) is 3.64. The summed E-state index contributed by atoms with van der Waals surface area (Å²) in [5.41, 5.74) is 5.93. The van der Waals surface area contributed by atoms with Gasteiger partial charge in [0.2, 0.25) is 0 Å². The molecule has 0 aromatic rings. The van der Waals surface area contributed by atoms with E-state index < -0.39 is 0 Å². The molecule has 1 saturated heterocycles. The van der Waals surface area contributed by atoms with Crippen LogP contribution in [0.5, 0.6) is 0 Å². The standard InChI is InChI=1S/C12H21N3S.HI/c1-3-9-16-10-6-14-12(13)15-7-4-11(2)5-8-15;/h1,11H,4-10H2,2H3,(H2,13,14);1H. The molecule has 0 bridgehead atoms. The molecular formula is C12H22IN3S. The summed E-state index contributed by atoms with van der Waals surface area (Å²) in [7, 11) is 0. The van der Waals surface area contributed by atoms with Crippen molar-refractivity contribution in [3.05, 3.63) is 0 Å². The maximum atomic E-state index is 5.93. The summed E-state index contributed by atoms with van der Waals surface area (Å²) in [5.74, 6) is 5.84. The highest BCUT2D eigenvalue weighted by atomic mass is 127.